The Labute approximate surface area is 108 Å². The van der Waals surface area contributed by atoms with Crippen molar-refractivity contribution in [3.63, 3.8) is 0 Å². The lowest BCUT2D eigenvalue weighted by atomic mass is 9.85. The van der Waals surface area contributed by atoms with E-state index in [1.54, 1.807) is 0 Å². The zero-order valence-corrected chi connectivity index (χ0v) is 12.7. The third-order valence-corrected chi connectivity index (χ3v) is 4.25. The molecule has 1 rings (SSSR count). The molecule has 2 heteroatoms. The van der Waals surface area contributed by atoms with Crippen molar-refractivity contribution in [1.82, 2.24) is 4.90 Å². The van der Waals surface area contributed by atoms with Gasteiger partial charge in [0, 0.05) is 24.7 Å². The fourth-order valence-electron chi connectivity index (χ4n) is 3.52. The molecular weight excluding hydrogens is 208 g/mol. The van der Waals surface area contributed by atoms with Crippen LogP contribution in [0, 0.1) is 11.3 Å². The lowest BCUT2D eigenvalue weighted by molar-refractivity contribution is 0.0461. The molecule has 0 spiro atoms. The van der Waals surface area contributed by atoms with Crippen molar-refractivity contribution in [3.8, 4) is 0 Å². The molecular formula is C15H32N2. The quantitative estimate of drug-likeness (QED) is 0.799. The molecule has 0 radical (unpaired) electrons. The topological polar surface area (TPSA) is 29.3 Å². The molecule has 17 heavy (non-hydrogen) atoms. The SMILES string of the molecule is CC(C)CN(C(C)C)C1(CN)CCC(C)(C)C1. The number of nitrogens with two attached hydrogens (primary N) is 1. The Morgan fingerprint density at radius 3 is 2.00 bits per heavy atom. The maximum absolute atomic E-state index is 6.16. The maximum atomic E-state index is 6.16. The average Bonchev–Trinajstić information content (AvgIpc) is 2.51. The van der Waals surface area contributed by atoms with Crippen LogP contribution in [0.2, 0.25) is 0 Å². The first-order valence-corrected chi connectivity index (χ1v) is 7.19. The highest BCUT2D eigenvalue weighted by molar-refractivity contribution is 5.03. The summed E-state index contributed by atoms with van der Waals surface area (Å²) in [6.07, 6.45) is 3.83. The van der Waals surface area contributed by atoms with Crippen LogP contribution in [0.25, 0.3) is 0 Å². The standard InChI is InChI=1S/C15H32N2/c1-12(2)9-17(13(3)4)15(11-16)8-7-14(5,6)10-15/h12-13H,7-11,16H2,1-6H3. The molecule has 2 N–H and O–H groups in total. The van der Waals surface area contributed by atoms with Crippen LogP contribution in [-0.4, -0.2) is 29.6 Å². The van der Waals surface area contributed by atoms with E-state index in [1.807, 2.05) is 0 Å². The van der Waals surface area contributed by atoms with Crippen molar-refractivity contribution in [2.75, 3.05) is 13.1 Å². The Kier molecular flexibility index (Phi) is 4.65. The third-order valence-electron chi connectivity index (χ3n) is 4.25. The lowest BCUT2D eigenvalue weighted by Crippen LogP contribution is -2.56. The minimum absolute atomic E-state index is 0.252. The molecule has 1 aliphatic rings. The molecule has 0 aromatic carbocycles. The first-order chi connectivity index (χ1) is 7.72. The van der Waals surface area contributed by atoms with Gasteiger partial charge >= 0.3 is 0 Å². The summed E-state index contributed by atoms with van der Waals surface area (Å²) in [6.45, 7) is 16.0. The lowest BCUT2D eigenvalue weighted by Gasteiger charge is -2.45. The van der Waals surface area contributed by atoms with Gasteiger partial charge in [-0.25, -0.2) is 0 Å². The molecule has 0 heterocycles. The van der Waals surface area contributed by atoms with E-state index in [9.17, 15) is 0 Å². The molecule has 1 aliphatic carbocycles. The van der Waals surface area contributed by atoms with Crippen LogP contribution in [0.3, 0.4) is 0 Å². The zero-order chi connectivity index (χ0) is 13.3. The van der Waals surface area contributed by atoms with E-state index in [0.717, 1.165) is 6.54 Å². The highest BCUT2D eigenvalue weighted by atomic mass is 15.2. The minimum atomic E-state index is 0.252. The van der Waals surface area contributed by atoms with Crippen LogP contribution in [0.15, 0.2) is 0 Å². The summed E-state index contributed by atoms with van der Waals surface area (Å²) >= 11 is 0. The maximum Gasteiger partial charge on any atom is 0.0339 e. The largest absolute Gasteiger partial charge is 0.329 e. The van der Waals surface area contributed by atoms with Crippen LogP contribution < -0.4 is 5.73 Å². The van der Waals surface area contributed by atoms with E-state index in [-0.39, 0.29) is 5.54 Å². The van der Waals surface area contributed by atoms with Gasteiger partial charge in [0.15, 0.2) is 0 Å². The van der Waals surface area contributed by atoms with E-state index < -0.39 is 0 Å². The third kappa shape index (κ3) is 3.45. The van der Waals surface area contributed by atoms with Gasteiger partial charge in [0.2, 0.25) is 0 Å². The number of nitrogens with zero attached hydrogens (tertiary/aromatic N) is 1. The summed E-state index contributed by atoms with van der Waals surface area (Å²) in [5, 5.41) is 0. The number of hydrogen-bond donors (Lipinski definition) is 1. The molecule has 0 bridgehead atoms. The second-order valence-electron chi connectivity index (χ2n) is 7.41. The first kappa shape index (κ1) is 15.0. The summed E-state index contributed by atoms with van der Waals surface area (Å²) < 4.78 is 0. The van der Waals surface area contributed by atoms with Gasteiger partial charge in [-0.1, -0.05) is 27.7 Å². The molecule has 1 atom stereocenters. The predicted octanol–water partition coefficient (Wildman–Crippen LogP) is 3.26. The Balaban J connectivity index is 2.89. The molecule has 0 saturated heterocycles. The van der Waals surface area contributed by atoms with Gasteiger partial charge in [0.25, 0.3) is 0 Å². The Morgan fingerprint density at radius 1 is 1.12 bits per heavy atom. The predicted molar refractivity (Wildman–Crippen MR) is 76.1 cm³/mol. The highest BCUT2D eigenvalue weighted by Gasteiger charge is 2.46. The molecule has 1 saturated carbocycles. The molecule has 1 fully saturated rings. The van der Waals surface area contributed by atoms with Gasteiger partial charge in [-0.3, -0.25) is 4.90 Å². The summed E-state index contributed by atoms with van der Waals surface area (Å²) in [5.74, 6) is 0.713. The van der Waals surface area contributed by atoms with E-state index >= 15 is 0 Å². The van der Waals surface area contributed by atoms with Crippen molar-refractivity contribution >= 4 is 0 Å². The normalized spacial score (nSPS) is 28.6. The molecule has 0 amide bonds. The van der Waals surface area contributed by atoms with Gasteiger partial charge in [0.05, 0.1) is 0 Å². The van der Waals surface area contributed by atoms with Gasteiger partial charge < -0.3 is 5.73 Å². The molecule has 0 aromatic rings. The highest BCUT2D eigenvalue weighted by Crippen LogP contribution is 2.47. The first-order valence-electron chi connectivity index (χ1n) is 7.19. The molecule has 0 aliphatic heterocycles. The van der Waals surface area contributed by atoms with Crippen molar-refractivity contribution in [1.29, 1.82) is 0 Å². The molecule has 0 aromatic heterocycles. The summed E-state index contributed by atoms with van der Waals surface area (Å²) in [4.78, 5) is 2.67. The molecule has 1 unspecified atom stereocenters. The summed E-state index contributed by atoms with van der Waals surface area (Å²) in [6, 6.07) is 0.592. The van der Waals surface area contributed by atoms with Gasteiger partial charge in [-0.05, 0) is 44.4 Å². The summed E-state index contributed by atoms with van der Waals surface area (Å²) in [5.41, 5.74) is 6.88. The fraction of sp³-hybridized carbons (Fsp3) is 1.00. The van der Waals surface area contributed by atoms with Crippen LogP contribution in [0.5, 0.6) is 0 Å². The van der Waals surface area contributed by atoms with Gasteiger partial charge in [-0.15, -0.1) is 0 Å². The smallest absolute Gasteiger partial charge is 0.0339 e. The van der Waals surface area contributed by atoms with Gasteiger partial charge in [-0.2, -0.15) is 0 Å². The van der Waals surface area contributed by atoms with Crippen molar-refractivity contribution in [3.05, 3.63) is 0 Å². The monoisotopic (exact) mass is 240 g/mol. The average molecular weight is 240 g/mol. The van der Waals surface area contributed by atoms with Crippen molar-refractivity contribution < 1.29 is 0 Å². The number of rotatable bonds is 5. The molecule has 102 valence electrons. The summed E-state index contributed by atoms with van der Waals surface area (Å²) in [7, 11) is 0. The van der Waals surface area contributed by atoms with Crippen LogP contribution in [0.4, 0.5) is 0 Å². The minimum Gasteiger partial charge on any atom is -0.329 e. The fourth-order valence-corrected chi connectivity index (χ4v) is 3.52. The zero-order valence-electron chi connectivity index (χ0n) is 12.7. The van der Waals surface area contributed by atoms with Crippen LogP contribution in [-0.2, 0) is 0 Å². The Hall–Kier alpha value is -0.0800. The van der Waals surface area contributed by atoms with E-state index in [4.69, 9.17) is 5.73 Å². The van der Waals surface area contributed by atoms with Crippen molar-refractivity contribution in [2.24, 2.45) is 17.1 Å². The van der Waals surface area contributed by atoms with Crippen LogP contribution >= 0.6 is 0 Å². The molecule has 2 nitrogen and oxygen atoms in total. The van der Waals surface area contributed by atoms with Crippen molar-refractivity contribution in [2.45, 2.75) is 72.4 Å². The second-order valence-corrected chi connectivity index (χ2v) is 7.41. The van der Waals surface area contributed by atoms with E-state index in [2.05, 4.69) is 46.4 Å². The Morgan fingerprint density at radius 2 is 1.71 bits per heavy atom. The Bertz CT molecular complexity index is 245. The van der Waals surface area contributed by atoms with E-state index in [1.165, 1.54) is 25.8 Å². The number of hydrogen-bond acceptors (Lipinski definition) is 2. The van der Waals surface area contributed by atoms with E-state index in [0.29, 0.717) is 17.4 Å². The van der Waals surface area contributed by atoms with Crippen LogP contribution in [0.1, 0.15) is 60.8 Å². The second kappa shape index (κ2) is 5.27. The van der Waals surface area contributed by atoms with Gasteiger partial charge in [0.1, 0.15) is 0 Å².